The number of phosphoric acid groups is 2. The van der Waals surface area contributed by atoms with Gasteiger partial charge in [0.15, 0.2) is 0 Å². The Hall–Kier alpha value is 2.70. The van der Waals surface area contributed by atoms with Crippen LogP contribution in [0.5, 0.6) is 0 Å². The van der Waals surface area contributed by atoms with E-state index in [0.717, 1.165) is 77.0 Å². The van der Waals surface area contributed by atoms with E-state index in [2.05, 4.69) is 56.2 Å². The van der Waals surface area contributed by atoms with Gasteiger partial charge in [-0.05, 0) is 25.7 Å². The summed E-state index contributed by atoms with van der Waals surface area (Å²) in [6, 6.07) is 0. The topological polar surface area (TPSA) is 154 Å². The van der Waals surface area contributed by atoms with Gasteiger partial charge in [0.25, 0.3) is 0 Å². The molecule has 0 saturated carbocycles. The van der Waals surface area contributed by atoms with Crippen molar-refractivity contribution in [2.75, 3.05) is 26.4 Å². The molecule has 2 atom stereocenters. The molecule has 0 aromatic carbocycles. The second-order valence-corrected chi connectivity index (χ2v) is 16.8. The summed E-state index contributed by atoms with van der Waals surface area (Å²) >= 11 is 0. The number of rotatable bonds is 44. The number of hydrogen-bond acceptors (Lipinski definition) is 12. The van der Waals surface area contributed by atoms with E-state index >= 15 is 0 Å². The van der Waals surface area contributed by atoms with Gasteiger partial charge in [-0.2, -0.15) is 18.7 Å². The molecule has 12 nitrogen and oxygen atoms in total. The number of hydrogen-bond donors (Lipinski definition) is 0. The Balaban J connectivity index is -0.000000466. The van der Waals surface area contributed by atoms with Crippen molar-refractivity contribution in [1.29, 1.82) is 0 Å². The fraction of sp³-hybridized carbons (Fsp3) is 1.00. The van der Waals surface area contributed by atoms with Crippen LogP contribution in [-0.2, 0) is 47.4 Å². The largest absolute Gasteiger partial charge is 1.00 e. The molecule has 0 N–H and O–H groups in total. The minimum atomic E-state index is -4.53. The van der Waals surface area contributed by atoms with E-state index < -0.39 is 15.6 Å². The van der Waals surface area contributed by atoms with Gasteiger partial charge < -0.3 is 9.79 Å². The normalized spacial score (nSPS) is 13.2. The van der Waals surface area contributed by atoms with Crippen LogP contribution in [0.2, 0.25) is 0 Å². The molecule has 0 bridgehead atoms. The molecule has 0 amide bonds. The van der Waals surface area contributed by atoms with E-state index in [4.69, 9.17) is 9.78 Å². The summed E-state index contributed by atoms with van der Waals surface area (Å²) in [7, 11) is -9.07. The Kier molecular flexibility index (Phi) is 62.8. The first-order valence-corrected chi connectivity index (χ1v) is 25.0. The van der Waals surface area contributed by atoms with E-state index in [1.54, 1.807) is 0 Å². The second kappa shape index (κ2) is 53.8. The van der Waals surface area contributed by atoms with E-state index in [1.165, 1.54) is 128 Å². The second-order valence-electron chi connectivity index (χ2n) is 14.4. The first-order valence-electron chi connectivity index (χ1n) is 22.1. The van der Waals surface area contributed by atoms with Gasteiger partial charge in [-0.3, -0.25) is 9.13 Å². The molecule has 0 radical (unpaired) electrons. The molecule has 56 heavy (non-hydrogen) atoms. The maximum Gasteiger partial charge on any atom is 1.00 e. The Morgan fingerprint density at radius 2 is 0.446 bits per heavy atom. The Morgan fingerprint density at radius 1 is 0.304 bits per heavy atom. The van der Waals surface area contributed by atoms with Crippen molar-refractivity contribution in [1.82, 2.24) is 0 Å². The molecule has 0 aromatic heterocycles. The van der Waals surface area contributed by atoms with Gasteiger partial charge in [-0.25, -0.2) is 19.6 Å². The summed E-state index contributed by atoms with van der Waals surface area (Å²) in [5.41, 5.74) is 0. The van der Waals surface area contributed by atoms with Gasteiger partial charge in [0.05, 0.1) is 26.4 Å². The van der Waals surface area contributed by atoms with Crippen LogP contribution in [0.1, 0.15) is 233 Å². The monoisotopic (exact) mass is 880 g/mol. The van der Waals surface area contributed by atoms with Gasteiger partial charge >= 0.3 is 96.6 Å². The van der Waals surface area contributed by atoms with E-state index in [9.17, 15) is 18.9 Å². The molecule has 328 valence electrons. The molecule has 0 aliphatic rings. The Morgan fingerprint density at radius 3 is 0.607 bits per heavy atom. The molecule has 16 heteroatoms. The summed E-state index contributed by atoms with van der Waals surface area (Å²) in [5.74, 6) is 0. The Bertz CT molecular complexity index is 759. The standard InChI is InChI=1S/2C20H43O6P.K.Na/c2*1-3-5-7-9-11-12-13-14-16-18-20-24-26-27(21,22)25-23-19-17-15-10-8-6-4-2;;/h2*3-20H2,1-2H3,(H,21,22);;/q;;2*+1/p-2. The van der Waals surface area contributed by atoms with Crippen molar-refractivity contribution in [2.45, 2.75) is 233 Å². The fourth-order valence-corrected chi connectivity index (χ4v) is 6.48. The van der Waals surface area contributed by atoms with Crippen LogP contribution in [-0.4, -0.2) is 26.4 Å². The predicted octanol–water partition coefficient (Wildman–Crippen LogP) is 7.27. The van der Waals surface area contributed by atoms with Crippen molar-refractivity contribution in [3.05, 3.63) is 0 Å². The third-order valence-electron chi connectivity index (χ3n) is 8.90. The first kappa shape index (κ1) is 65.3. The SMILES string of the molecule is CCCCCCCCCCCCOOP(=O)([O-])OOCCCCCCCC.CCCCCCCCCCCCOOP(=O)([O-])OOCCCCCCCC.[K+].[Na+]. The Labute approximate surface area is 409 Å². The molecular weight excluding hydrogens is 796 g/mol. The zero-order valence-corrected chi connectivity index (χ0v) is 44.2. The summed E-state index contributed by atoms with van der Waals surface area (Å²) in [4.78, 5) is 41.6. The van der Waals surface area contributed by atoms with Crippen molar-refractivity contribution in [2.24, 2.45) is 0 Å². The molecule has 0 saturated heterocycles. The minimum absolute atomic E-state index is 0. The summed E-state index contributed by atoms with van der Waals surface area (Å²) < 4.78 is 40.1. The first-order chi connectivity index (χ1) is 26.2. The van der Waals surface area contributed by atoms with Crippen molar-refractivity contribution >= 4 is 15.6 Å². The molecule has 0 aliphatic carbocycles. The molecular formula is C40H84KNaO12P2. The predicted molar refractivity (Wildman–Crippen MR) is 214 cm³/mol. The number of unbranched alkanes of at least 4 members (excludes halogenated alkanes) is 28. The van der Waals surface area contributed by atoms with E-state index in [-0.39, 0.29) is 107 Å². The van der Waals surface area contributed by atoms with Gasteiger partial charge in [0, 0.05) is 0 Å². The fourth-order valence-electron chi connectivity index (χ4n) is 5.61. The molecule has 0 aliphatic heterocycles. The van der Waals surface area contributed by atoms with Gasteiger partial charge in [0.1, 0.15) is 0 Å². The molecule has 2 unspecified atom stereocenters. The summed E-state index contributed by atoms with van der Waals surface area (Å²) in [6.07, 6.45) is 37.2. The van der Waals surface area contributed by atoms with Crippen molar-refractivity contribution in [3.63, 3.8) is 0 Å². The third kappa shape index (κ3) is 58.8. The zero-order chi connectivity index (χ0) is 40.1. The van der Waals surface area contributed by atoms with Crippen LogP contribution in [0.15, 0.2) is 0 Å². The van der Waals surface area contributed by atoms with E-state index in [0.29, 0.717) is 0 Å². The average Bonchev–Trinajstić information content (AvgIpc) is 3.15. The van der Waals surface area contributed by atoms with Crippen LogP contribution in [0.3, 0.4) is 0 Å². The van der Waals surface area contributed by atoms with Crippen LogP contribution >= 0.6 is 15.6 Å². The van der Waals surface area contributed by atoms with Crippen LogP contribution in [0, 0.1) is 0 Å². The van der Waals surface area contributed by atoms with Gasteiger partial charge in [0.2, 0.25) is 0 Å². The molecule has 0 rings (SSSR count). The molecule has 0 spiro atoms. The van der Waals surface area contributed by atoms with Crippen LogP contribution < -0.4 is 90.7 Å². The summed E-state index contributed by atoms with van der Waals surface area (Å²) in [5, 5.41) is 0. The van der Waals surface area contributed by atoms with E-state index in [1.807, 2.05) is 0 Å². The smallest absolute Gasteiger partial charge is 0.753 e. The average molecular weight is 881 g/mol. The van der Waals surface area contributed by atoms with Crippen molar-refractivity contribution < 1.29 is 138 Å². The maximum atomic E-state index is 11.4. The minimum Gasteiger partial charge on any atom is -0.753 e. The molecule has 0 fully saturated rings. The quantitative estimate of drug-likeness (QED) is 0.0199. The molecule has 0 heterocycles. The van der Waals surface area contributed by atoms with Crippen LogP contribution in [0.25, 0.3) is 0 Å². The zero-order valence-electron chi connectivity index (χ0n) is 37.2. The summed E-state index contributed by atoms with van der Waals surface area (Å²) in [6.45, 7) is 9.75. The van der Waals surface area contributed by atoms with Crippen molar-refractivity contribution in [3.8, 4) is 0 Å². The maximum absolute atomic E-state index is 11.4. The van der Waals surface area contributed by atoms with Crippen LogP contribution in [0.4, 0.5) is 0 Å². The third-order valence-corrected chi connectivity index (χ3v) is 10.1. The van der Waals surface area contributed by atoms with Gasteiger partial charge in [-0.1, -0.05) is 207 Å². The molecule has 0 aromatic rings. The van der Waals surface area contributed by atoms with Gasteiger partial charge in [-0.15, -0.1) is 0 Å².